The van der Waals surface area contributed by atoms with Gasteiger partial charge in [0, 0.05) is 18.4 Å². The normalized spacial score (nSPS) is 19.2. The molecule has 0 spiro atoms. The van der Waals surface area contributed by atoms with Gasteiger partial charge in [-0.3, -0.25) is 4.98 Å². The Morgan fingerprint density at radius 2 is 2.11 bits per heavy atom. The predicted molar refractivity (Wildman–Crippen MR) is 67.5 cm³/mol. The molecule has 5 heteroatoms. The number of halogens is 3. The van der Waals surface area contributed by atoms with Crippen molar-refractivity contribution in [3.05, 3.63) is 29.6 Å². The van der Waals surface area contributed by atoms with E-state index in [-0.39, 0.29) is 17.5 Å². The molecule has 0 saturated heterocycles. The van der Waals surface area contributed by atoms with Crippen LogP contribution in [0.1, 0.15) is 43.9 Å². The maximum Gasteiger partial charge on any atom is 0.416 e. The fourth-order valence-electron chi connectivity index (χ4n) is 2.61. The van der Waals surface area contributed by atoms with Crippen molar-refractivity contribution in [2.24, 2.45) is 11.8 Å². The number of alkyl halides is 3. The van der Waals surface area contributed by atoms with Gasteiger partial charge in [0.05, 0.1) is 5.56 Å². The highest BCUT2D eigenvalue weighted by Gasteiger charge is 2.39. The summed E-state index contributed by atoms with van der Waals surface area (Å²) in [5.41, 5.74) is -0.294. The number of nitrogens with one attached hydrogen (secondary N) is 1. The average Bonchev–Trinajstić information content (AvgIpc) is 3.18. The molecule has 19 heavy (non-hydrogen) atoms. The van der Waals surface area contributed by atoms with Crippen LogP contribution in [0.5, 0.6) is 0 Å². The molecule has 2 rings (SSSR count). The van der Waals surface area contributed by atoms with E-state index in [0.717, 1.165) is 18.9 Å². The zero-order valence-electron chi connectivity index (χ0n) is 11.2. The van der Waals surface area contributed by atoms with Gasteiger partial charge in [-0.2, -0.15) is 13.2 Å². The van der Waals surface area contributed by atoms with E-state index in [9.17, 15) is 13.2 Å². The van der Waals surface area contributed by atoms with Gasteiger partial charge in [0.25, 0.3) is 0 Å². The van der Waals surface area contributed by atoms with E-state index in [4.69, 9.17) is 0 Å². The Kier molecular flexibility index (Phi) is 4.13. The quantitative estimate of drug-likeness (QED) is 0.882. The first kappa shape index (κ1) is 14.3. The molecule has 2 atom stereocenters. The second-order valence-electron chi connectivity index (χ2n) is 5.19. The molecule has 1 fully saturated rings. The van der Waals surface area contributed by atoms with Crippen molar-refractivity contribution in [2.45, 2.75) is 38.9 Å². The second-order valence-corrected chi connectivity index (χ2v) is 5.19. The van der Waals surface area contributed by atoms with Gasteiger partial charge in [-0.15, -0.1) is 0 Å². The van der Waals surface area contributed by atoms with Crippen molar-refractivity contribution in [2.75, 3.05) is 6.54 Å². The standard InChI is InChI=1S/C14H19F3N2/c1-3-19-13(9(2)10-4-5-10)11-8-18-7-6-12(11)14(15,16)17/h6-10,13,19H,3-5H2,1-2H3. The monoisotopic (exact) mass is 272 g/mol. The first-order valence-electron chi connectivity index (χ1n) is 6.69. The third kappa shape index (κ3) is 3.26. The largest absolute Gasteiger partial charge is 0.416 e. The Morgan fingerprint density at radius 1 is 1.42 bits per heavy atom. The van der Waals surface area contributed by atoms with Crippen LogP contribution in [0.2, 0.25) is 0 Å². The summed E-state index contributed by atoms with van der Waals surface area (Å²) in [6, 6.07) is 0.794. The van der Waals surface area contributed by atoms with Gasteiger partial charge in [0.2, 0.25) is 0 Å². The zero-order chi connectivity index (χ0) is 14.0. The van der Waals surface area contributed by atoms with Crippen LogP contribution in [-0.2, 0) is 6.18 Å². The summed E-state index contributed by atoms with van der Waals surface area (Å²) in [4.78, 5) is 3.88. The van der Waals surface area contributed by atoms with E-state index in [1.807, 2.05) is 13.8 Å². The van der Waals surface area contributed by atoms with Crippen molar-refractivity contribution in [3.63, 3.8) is 0 Å². The number of pyridine rings is 1. The van der Waals surface area contributed by atoms with Crippen LogP contribution < -0.4 is 5.32 Å². The summed E-state index contributed by atoms with van der Waals surface area (Å²) < 4.78 is 39.2. The first-order valence-corrected chi connectivity index (χ1v) is 6.69. The minimum Gasteiger partial charge on any atom is -0.310 e. The molecule has 1 aliphatic rings. The fraction of sp³-hybridized carbons (Fsp3) is 0.643. The highest BCUT2D eigenvalue weighted by atomic mass is 19.4. The third-order valence-corrected chi connectivity index (χ3v) is 3.81. The summed E-state index contributed by atoms with van der Waals surface area (Å²) >= 11 is 0. The molecule has 0 amide bonds. The highest BCUT2D eigenvalue weighted by Crippen LogP contribution is 2.44. The Bertz CT molecular complexity index is 427. The van der Waals surface area contributed by atoms with E-state index >= 15 is 0 Å². The summed E-state index contributed by atoms with van der Waals surface area (Å²) in [6.07, 6.45) is 0.469. The lowest BCUT2D eigenvalue weighted by Crippen LogP contribution is -2.30. The lowest BCUT2D eigenvalue weighted by molar-refractivity contribution is -0.138. The number of hydrogen-bond donors (Lipinski definition) is 1. The molecule has 106 valence electrons. The van der Waals surface area contributed by atoms with Crippen molar-refractivity contribution < 1.29 is 13.2 Å². The Hall–Kier alpha value is -1.10. The highest BCUT2D eigenvalue weighted by molar-refractivity contribution is 5.30. The van der Waals surface area contributed by atoms with Gasteiger partial charge in [0.15, 0.2) is 0 Å². The molecular formula is C14H19F3N2. The molecule has 1 heterocycles. The molecule has 1 saturated carbocycles. The van der Waals surface area contributed by atoms with Crippen LogP contribution in [0.25, 0.3) is 0 Å². The van der Waals surface area contributed by atoms with E-state index in [1.54, 1.807) is 0 Å². The summed E-state index contributed by atoms with van der Waals surface area (Å²) in [6.45, 7) is 4.59. The lowest BCUT2D eigenvalue weighted by atomic mass is 9.89. The summed E-state index contributed by atoms with van der Waals surface area (Å²) in [5, 5.41) is 3.19. The van der Waals surface area contributed by atoms with Crippen molar-refractivity contribution in [1.29, 1.82) is 0 Å². The zero-order valence-corrected chi connectivity index (χ0v) is 11.2. The molecule has 1 aliphatic carbocycles. The molecular weight excluding hydrogens is 253 g/mol. The minimum atomic E-state index is -4.32. The van der Waals surface area contributed by atoms with Gasteiger partial charge in [-0.1, -0.05) is 13.8 Å². The van der Waals surface area contributed by atoms with E-state index in [1.165, 1.54) is 12.4 Å². The van der Waals surface area contributed by atoms with Gasteiger partial charge < -0.3 is 5.32 Å². The van der Waals surface area contributed by atoms with E-state index in [0.29, 0.717) is 12.5 Å². The molecule has 2 unspecified atom stereocenters. The summed E-state index contributed by atoms with van der Waals surface area (Å²) in [5.74, 6) is 0.732. The average molecular weight is 272 g/mol. The number of hydrogen-bond acceptors (Lipinski definition) is 2. The fourth-order valence-corrected chi connectivity index (χ4v) is 2.61. The molecule has 0 radical (unpaired) electrons. The van der Waals surface area contributed by atoms with Crippen LogP contribution in [0.3, 0.4) is 0 Å². The van der Waals surface area contributed by atoms with Crippen LogP contribution in [-0.4, -0.2) is 11.5 Å². The van der Waals surface area contributed by atoms with Gasteiger partial charge in [-0.05, 0) is 42.9 Å². The molecule has 1 N–H and O–H groups in total. The van der Waals surface area contributed by atoms with Crippen molar-refractivity contribution >= 4 is 0 Å². The van der Waals surface area contributed by atoms with E-state index < -0.39 is 11.7 Å². The summed E-state index contributed by atoms with van der Waals surface area (Å²) in [7, 11) is 0. The van der Waals surface area contributed by atoms with Crippen LogP contribution >= 0.6 is 0 Å². The minimum absolute atomic E-state index is 0.199. The molecule has 1 aromatic heterocycles. The van der Waals surface area contributed by atoms with Crippen LogP contribution in [0.15, 0.2) is 18.5 Å². The second kappa shape index (κ2) is 5.49. The maximum atomic E-state index is 13.1. The molecule has 1 aromatic rings. The lowest BCUT2D eigenvalue weighted by Gasteiger charge is -2.27. The van der Waals surface area contributed by atoms with Crippen LogP contribution in [0.4, 0.5) is 13.2 Å². The topological polar surface area (TPSA) is 24.9 Å². The number of aromatic nitrogens is 1. The number of rotatable bonds is 5. The van der Waals surface area contributed by atoms with Crippen molar-refractivity contribution in [3.8, 4) is 0 Å². The Balaban J connectivity index is 2.35. The predicted octanol–water partition coefficient (Wildman–Crippen LogP) is 3.80. The van der Waals surface area contributed by atoms with Gasteiger partial charge in [0.1, 0.15) is 0 Å². The third-order valence-electron chi connectivity index (χ3n) is 3.81. The first-order chi connectivity index (χ1) is 8.95. The molecule has 0 bridgehead atoms. The Labute approximate surface area is 111 Å². The van der Waals surface area contributed by atoms with E-state index in [2.05, 4.69) is 10.3 Å². The number of nitrogens with zero attached hydrogens (tertiary/aromatic N) is 1. The SMILES string of the molecule is CCNC(c1cnccc1C(F)(F)F)C(C)C1CC1. The molecule has 0 aromatic carbocycles. The maximum absolute atomic E-state index is 13.1. The van der Waals surface area contributed by atoms with Crippen LogP contribution in [0, 0.1) is 11.8 Å². The van der Waals surface area contributed by atoms with Crippen molar-refractivity contribution in [1.82, 2.24) is 10.3 Å². The molecule has 0 aliphatic heterocycles. The Morgan fingerprint density at radius 3 is 2.63 bits per heavy atom. The van der Waals surface area contributed by atoms with Gasteiger partial charge >= 0.3 is 6.18 Å². The molecule has 2 nitrogen and oxygen atoms in total. The van der Waals surface area contributed by atoms with Gasteiger partial charge in [-0.25, -0.2) is 0 Å². The smallest absolute Gasteiger partial charge is 0.310 e.